The van der Waals surface area contributed by atoms with Crippen molar-refractivity contribution in [1.29, 1.82) is 0 Å². The van der Waals surface area contributed by atoms with E-state index in [2.05, 4.69) is 19.8 Å². The molecule has 0 aromatic carbocycles. The number of rotatable bonds is 4. The summed E-state index contributed by atoms with van der Waals surface area (Å²) >= 11 is 0. The van der Waals surface area contributed by atoms with Crippen molar-refractivity contribution in [1.82, 2.24) is 24.5 Å². The van der Waals surface area contributed by atoms with E-state index < -0.39 is 12.1 Å². The van der Waals surface area contributed by atoms with Crippen LogP contribution in [0.25, 0.3) is 11.4 Å². The molecule has 24 heavy (non-hydrogen) atoms. The first-order valence-corrected chi connectivity index (χ1v) is 6.93. The van der Waals surface area contributed by atoms with E-state index in [9.17, 15) is 18.0 Å². The van der Waals surface area contributed by atoms with Crippen molar-refractivity contribution in [2.75, 3.05) is 0 Å². The first-order valence-electron chi connectivity index (χ1n) is 6.93. The largest absolute Gasteiger partial charge is 0.471 e. The molecule has 0 saturated heterocycles. The van der Waals surface area contributed by atoms with Crippen molar-refractivity contribution < 1.29 is 17.7 Å². The highest BCUT2D eigenvalue weighted by Crippen LogP contribution is 2.28. The first kappa shape index (κ1) is 16.0. The lowest BCUT2D eigenvalue weighted by molar-refractivity contribution is -0.159. The molecule has 0 amide bonds. The molecule has 0 radical (unpaired) electrons. The molecule has 0 unspecified atom stereocenters. The molecule has 3 aromatic rings. The summed E-state index contributed by atoms with van der Waals surface area (Å²) in [5, 5.41) is 7.29. The Bertz CT molecular complexity index is 910. The Hall–Kier alpha value is -2.91. The predicted octanol–water partition coefficient (Wildman–Crippen LogP) is 1.89. The van der Waals surface area contributed by atoms with Crippen LogP contribution in [0, 0.1) is 0 Å². The second kappa shape index (κ2) is 5.95. The van der Waals surface area contributed by atoms with Crippen molar-refractivity contribution >= 4 is 0 Å². The molecule has 0 fully saturated rings. The zero-order chi connectivity index (χ0) is 17.3. The van der Waals surface area contributed by atoms with E-state index in [1.807, 2.05) is 6.07 Å². The standard InChI is InChI=1S/C14H12F3N5O2/c1-21-10(2-5-18-21)4-7-22-6-3-9(8-11(22)23)12-19-13(24-20-12)14(15,16)17/h2-3,5-6,8H,4,7H2,1H3. The highest BCUT2D eigenvalue weighted by molar-refractivity contribution is 5.52. The molecule has 0 aliphatic heterocycles. The Morgan fingerprint density at radius 1 is 1.29 bits per heavy atom. The summed E-state index contributed by atoms with van der Waals surface area (Å²) in [6, 6.07) is 4.49. The minimum Gasteiger partial charge on any atom is -0.329 e. The van der Waals surface area contributed by atoms with Gasteiger partial charge in [0.1, 0.15) is 0 Å². The monoisotopic (exact) mass is 339 g/mol. The van der Waals surface area contributed by atoms with Gasteiger partial charge < -0.3 is 9.09 Å². The topological polar surface area (TPSA) is 78.7 Å². The molecule has 10 heteroatoms. The van der Waals surface area contributed by atoms with Crippen LogP contribution in [-0.4, -0.2) is 24.5 Å². The summed E-state index contributed by atoms with van der Waals surface area (Å²) in [4.78, 5) is 15.4. The van der Waals surface area contributed by atoms with Crippen LogP contribution in [-0.2, 0) is 26.2 Å². The van der Waals surface area contributed by atoms with Gasteiger partial charge in [-0.1, -0.05) is 5.16 Å². The molecule has 0 aliphatic rings. The van der Waals surface area contributed by atoms with Crippen LogP contribution in [0.3, 0.4) is 0 Å². The summed E-state index contributed by atoms with van der Waals surface area (Å²) < 4.78 is 44.7. The average molecular weight is 339 g/mol. The molecule has 3 heterocycles. The van der Waals surface area contributed by atoms with E-state index in [0.29, 0.717) is 13.0 Å². The van der Waals surface area contributed by atoms with E-state index in [1.54, 1.807) is 17.9 Å². The van der Waals surface area contributed by atoms with E-state index in [-0.39, 0.29) is 16.9 Å². The lowest BCUT2D eigenvalue weighted by Crippen LogP contribution is -2.20. The quantitative estimate of drug-likeness (QED) is 0.725. The van der Waals surface area contributed by atoms with Gasteiger partial charge in [-0.05, 0) is 12.1 Å². The van der Waals surface area contributed by atoms with Crippen LogP contribution in [0.1, 0.15) is 11.6 Å². The number of hydrogen-bond donors (Lipinski definition) is 0. The molecule has 0 saturated carbocycles. The van der Waals surface area contributed by atoms with Gasteiger partial charge in [-0.3, -0.25) is 9.48 Å². The van der Waals surface area contributed by atoms with Crippen molar-refractivity contribution in [3.63, 3.8) is 0 Å². The summed E-state index contributed by atoms with van der Waals surface area (Å²) in [7, 11) is 1.80. The van der Waals surface area contributed by atoms with Gasteiger partial charge >= 0.3 is 12.1 Å². The maximum absolute atomic E-state index is 12.5. The third kappa shape index (κ3) is 3.21. The molecule has 0 bridgehead atoms. The van der Waals surface area contributed by atoms with Gasteiger partial charge in [0.05, 0.1) is 0 Å². The fourth-order valence-corrected chi connectivity index (χ4v) is 2.17. The van der Waals surface area contributed by atoms with E-state index in [1.165, 1.54) is 22.9 Å². The Morgan fingerprint density at radius 3 is 2.67 bits per heavy atom. The fraction of sp³-hybridized carbons (Fsp3) is 0.286. The third-order valence-electron chi connectivity index (χ3n) is 3.45. The summed E-state index contributed by atoms with van der Waals surface area (Å²) in [5.41, 5.74) is 0.753. The van der Waals surface area contributed by atoms with Gasteiger partial charge in [-0.2, -0.15) is 23.3 Å². The van der Waals surface area contributed by atoms with Crippen LogP contribution in [0.4, 0.5) is 13.2 Å². The summed E-state index contributed by atoms with van der Waals surface area (Å²) in [6.07, 6.45) is -0.979. The predicted molar refractivity (Wildman–Crippen MR) is 75.9 cm³/mol. The van der Waals surface area contributed by atoms with Gasteiger partial charge in [0.2, 0.25) is 5.82 Å². The Morgan fingerprint density at radius 2 is 2.08 bits per heavy atom. The fourth-order valence-electron chi connectivity index (χ4n) is 2.17. The number of halogens is 3. The number of nitrogens with zero attached hydrogens (tertiary/aromatic N) is 5. The Balaban J connectivity index is 1.78. The van der Waals surface area contributed by atoms with Crippen LogP contribution < -0.4 is 5.56 Å². The first-order chi connectivity index (χ1) is 11.3. The highest BCUT2D eigenvalue weighted by atomic mass is 19.4. The second-order valence-corrected chi connectivity index (χ2v) is 5.06. The zero-order valence-corrected chi connectivity index (χ0v) is 12.5. The Labute approximate surface area is 133 Å². The molecule has 0 atom stereocenters. The minimum absolute atomic E-state index is 0.163. The molecule has 0 N–H and O–H groups in total. The maximum atomic E-state index is 12.5. The number of aryl methyl sites for hydroxylation is 3. The minimum atomic E-state index is -4.72. The van der Waals surface area contributed by atoms with Crippen molar-refractivity contribution in [2.45, 2.75) is 19.1 Å². The number of alkyl halides is 3. The second-order valence-electron chi connectivity index (χ2n) is 5.06. The lowest BCUT2D eigenvalue weighted by Gasteiger charge is -2.06. The molecule has 3 aromatic heterocycles. The van der Waals surface area contributed by atoms with E-state index in [0.717, 1.165) is 5.69 Å². The van der Waals surface area contributed by atoms with Crippen molar-refractivity contribution in [2.24, 2.45) is 7.05 Å². The molecule has 3 rings (SSSR count). The third-order valence-corrected chi connectivity index (χ3v) is 3.45. The maximum Gasteiger partial charge on any atom is 0.471 e. The lowest BCUT2D eigenvalue weighted by atomic mass is 10.2. The number of hydrogen-bond acceptors (Lipinski definition) is 5. The van der Waals surface area contributed by atoms with Crippen LogP contribution >= 0.6 is 0 Å². The van der Waals surface area contributed by atoms with Gasteiger partial charge in [0.15, 0.2) is 0 Å². The molecular weight excluding hydrogens is 327 g/mol. The summed E-state index contributed by atoms with van der Waals surface area (Å²) in [5.74, 6) is -1.73. The van der Waals surface area contributed by atoms with Crippen molar-refractivity contribution in [3.8, 4) is 11.4 Å². The van der Waals surface area contributed by atoms with E-state index >= 15 is 0 Å². The molecule has 0 aliphatic carbocycles. The van der Waals surface area contributed by atoms with Crippen LogP contribution in [0.5, 0.6) is 0 Å². The molecule has 7 nitrogen and oxygen atoms in total. The normalized spacial score (nSPS) is 11.8. The van der Waals surface area contributed by atoms with Crippen molar-refractivity contribution in [3.05, 3.63) is 52.5 Å². The Kier molecular flexibility index (Phi) is 3.96. The van der Waals surface area contributed by atoms with Gasteiger partial charge in [0.25, 0.3) is 5.56 Å². The van der Waals surface area contributed by atoms with Crippen LogP contribution in [0.2, 0.25) is 0 Å². The molecule has 126 valence electrons. The van der Waals surface area contributed by atoms with Gasteiger partial charge in [-0.15, -0.1) is 0 Å². The SMILES string of the molecule is Cn1nccc1CCn1ccc(-c2noc(C(F)(F)F)n2)cc1=O. The number of pyridine rings is 1. The van der Waals surface area contributed by atoms with Gasteiger partial charge in [0, 0.05) is 49.7 Å². The highest BCUT2D eigenvalue weighted by Gasteiger charge is 2.38. The van der Waals surface area contributed by atoms with Crippen LogP contribution in [0.15, 0.2) is 39.9 Å². The molecule has 0 spiro atoms. The molecular formula is C14H12F3N5O2. The summed E-state index contributed by atoms with van der Waals surface area (Å²) in [6.45, 7) is 0.415. The van der Waals surface area contributed by atoms with E-state index in [4.69, 9.17) is 0 Å². The smallest absolute Gasteiger partial charge is 0.329 e. The van der Waals surface area contributed by atoms with Gasteiger partial charge in [-0.25, -0.2) is 0 Å². The zero-order valence-electron chi connectivity index (χ0n) is 12.5. The number of aromatic nitrogens is 5. The average Bonchev–Trinajstić information content (AvgIpc) is 3.15.